The maximum absolute atomic E-state index is 12.0. The van der Waals surface area contributed by atoms with Gasteiger partial charge in [-0.05, 0) is 25.1 Å². The summed E-state index contributed by atoms with van der Waals surface area (Å²) in [6.45, 7) is 2.33. The van der Waals surface area contributed by atoms with E-state index in [0.29, 0.717) is 23.6 Å². The van der Waals surface area contributed by atoms with Crippen LogP contribution in [-0.4, -0.2) is 37.3 Å². The van der Waals surface area contributed by atoms with Gasteiger partial charge in [0.25, 0.3) is 5.91 Å². The molecule has 0 aromatic heterocycles. The van der Waals surface area contributed by atoms with Gasteiger partial charge in [0.15, 0.2) is 0 Å². The molecule has 1 aliphatic rings. The minimum Gasteiger partial charge on any atom is -0.383 e. The zero-order chi connectivity index (χ0) is 13.8. The number of carbonyl (C=O) groups excluding carboxylic acids is 2. The van der Waals surface area contributed by atoms with Gasteiger partial charge in [0.1, 0.15) is 0 Å². The highest BCUT2D eigenvalue weighted by molar-refractivity contribution is 8.00. The van der Waals surface area contributed by atoms with E-state index in [1.807, 2.05) is 13.0 Å². The van der Waals surface area contributed by atoms with E-state index in [-0.39, 0.29) is 17.9 Å². The molecule has 1 aliphatic heterocycles. The molecule has 0 bridgehead atoms. The number of benzene rings is 1. The van der Waals surface area contributed by atoms with E-state index in [0.717, 1.165) is 4.90 Å². The highest BCUT2D eigenvalue weighted by atomic mass is 32.2. The molecule has 6 heteroatoms. The molecule has 0 saturated heterocycles. The molecule has 0 saturated carbocycles. The molecular weight excluding hydrogens is 264 g/mol. The number of rotatable bonds is 4. The SMILES string of the molecule is COCC(C)NC(=O)c1ccc2c(c1)NC(=O)CS2. The third kappa shape index (κ3) is 3.48. The number of methoxy groups -OCH3 is 1. The average Bonchev–Trinajstić information content (AvgIpc) is 2.38. The van der Waals surface area contributed by atoms with Crippen LogP contribution in [0.15, 0.2) is 23.1 Å². The van der Waals surface area contributed by atoms with Crippen molar-refractivity contribution in [3.8, 4) is 0 Å². The van der Waals surface area contributed by atoms with Crippen molar-refractivity contribution in [2.24, 2.45) is 0 Å². The van der Waals surface area contributed by atoms with Crippen LogP contribution < -0.4 is 10.6 Å². The van der Waals surface area contributed by atoms with E-state index < -0.39 is 0 Å². The lowest BCUT2D eigenvalue weighted by atomic mass is 10.1. The Morgan fingerprint density at radius 3 is 3.11 bits per heavy atom. The number of carbonyl (C=O) groups is 2. The summed E-state index contributed by atoms with van der Waals surface area (Å²) in [6.07, 6.45) is 0. The molecule has 0 radical (unpaired) electrons. The first-order chi connectivity index (χ1) is 9.10. The molecule has 2 N–H and O–H groups in total. The Kier molecular flexibility index (Phi) is 4.44. The van der Waals surface area contributed by atoms with Crippen LogP contribution in [0.5, 0.6) is 0 Å². The van der Waals surface area contributed by atoms with E-state index >= 15 is 0 Å². The predicted octanol–water partition coefficient (Wildman–Crippen LogP) is 1.50. The molecule has 0 fully saturated rings. The summed E-state index contributed by atoms with van der Waals surface area (Å²) in [4.78, 5) is 24.3. The number of thioether (sulfide) groups is 1. The van der Waals surface area contributed by atoms with Crippen molar-refractivity contribution >= 4 is 29.3 Å². The summed E-state index contributed by atoms with van der Waals surface area (Å²) < 4.78 is 4.97. The third-order valence-electron chi connectivity index (χ3n) is 2.67. The maximum Gasteiger partial charge on any atom is 0.251 e. The minimum atomic E-state index is -0.169. The van der Waals surface area contributed by atoms with Crippen LogP contribution in [0.25, 0.3) is 0 Å². The molecule has 0 spiro atoms. The van der Waals surface area contributed by atoms with Gasteiger partial charge in [0.05, 0.1) is 18.0 Å². The summed E-state index contributed by atoms with van der Waals surface area (Å²) in [7, 11) is 1.59. The van der Waals surface area contributed by atoms with Crippen molar-refractivity contribution in [3.63, 3.8) is 0 Å². The molecule has 1 heterocycles. The van der Waals surface area contributed by atoms with E-state index in [2.05, 4.69) is 10.6 Å². The van der Waals surface area contributed by atoms with Gasteiger partial charge in [-0.2, -0.15) is 0 Å². The number of fused-ring (bicyclic) bond motifs is 1. The normalized spacial score (nSPS) is 15.4. The van der Waals surface area contributed by atoms with Gasteiger partial charge >= 0.3 is 0 Å². The van der Waals surface area contributed by atoms with Gasteiger partial charge in [-0.3, -0.25) is 9.59 Å². The second-order valence-corrected chi connectivity index (χ2v) is 5.39. The molecule has 2 rings (SSSR count). The fraction of sp³-hybridized carbons (Fsp3) is 0.385. The lowest BCUT2D eigenvalue weighted by Crippen LogP contribution is -2.35. The van der Waals surface area contributed by atoms with Crippen molar-refractivity contribution in [1.29, 1.82) is 0 Å². The van der Waals surface area contributed by atoms with Gasteiger partial charge in [-0.25, -0.2) is 0 Å². The van der Waals surface area contributed by atoms with E-state index in [1.165, 1.54) is 11.8 Å². The van der Waals surface area contributed by atoms with Gasteiger partial charge in [-0.15, -0.1) is 11.8 Å². The van der Waals surface area contributed by atoms with Gasteiger partial charge < -0.3 is 15.4 Å². The molecule has 2 amide bonds. The molecule has 1 unspecified atom stereocenters. The van der Waals surface area contributed by atoms with Crippen LogP contribution in [0, 0.1) is 0 Å². The number of ether oxygens (including phenoxy) is 1. The van der Waals surface area contributed by atoms with Crippen LogP contribution in [0.4, 0.5) is 5.69 Å². The summed E-state index contributed by atoms with van der Waals surface area (Å²) in [5, 5.41) is 5.60. The van der Waals surface area contributed by atoms with Crippen LogP contribution in [-0.2, 0) is 9.53 Å². The fourth-order valence-electron chi connectivity index (χ4n) is 1.82. The number of hydrogen-bond donors (Lipinski definition) is 2. The molecule has 5 nitrogen and oxygen atoms in total. The third-order valence-corrected chi connectivity index (χ3v) is 3.74. The molecule has 1 aromatic carbocycles. The average molecular weight is 280 g/mol. The summed E-state index contributed by atoms with van der Waals surface area (Å²) in [5.41, 5.74) is 1.23. The van der Waals surface area contributed by atoms with Gasteiger partial charge in [-0.1, -0.05) is 0 Å². The fourth-order valence-corrected chi connectivity index (χ4v) is 2.61. The first-order valence-corrected chi connectivity index (χ1v) is 6.95. The summed E-state index contributed by atoms with van der Waals surface area (Å²) in [5.74, 6) is 0.212. The Morgan fingerprint density at radius 2 is 2.37 bits per heavy atom. The standard InChI is InChI=1S/C13H16N2O3S/c1-8(6-18-2)14-13(17)9-3-4-11-10(5-9)15-12(16)7-19-11/h3-5,8H,6-7H2,1-2H3,(H,14,17)(H,15,16). The number of nitrogens with one attached hydrogen (secondary N) is 2. The maximum atomic E-state index is 12.0. The largest absolute Gasteiger partial charge is 0.383 e. The van der Waals surface area contributed by atoms with Crippen LogP contribution in [0.3, 0.4) is 0 Å². The highest BCUT2D eigenvalue weighted by Gasteiger charge is 2.17. The Balaban J connectivity index is 2.11. The first-order valence-electron chi connectivity index (χ1n) is 5.96. The van der Waals surface area contributed by atoms with Gasteiger partial charge in [0, 0.05) is 23.6 Å². The van der Waals surface area contributed by atoms with E-state index in [4.69, 9.17) is 4.74 Å². The van der Waals surface area contributed by atoms with Crippen molar-refractivity contribution in [2.45, 2.75) is 17.9 Å². The number of hydrogen-bond acceptors (Lipinski definition) is 4. The first kappa shape index (κ1) is 13.9. The summed E-state index contributed by atoms with van der Waals surface area (Å²) in [6, 6.07) is 5.26. The number of anilines is 1. The molecule has 102 valence electrons. The smallest absolute Gasteiger partial charge is 0.251 e. The molecule has 1 aromatic rings. The molecule has 19 heavy (non-hydrogen) atoms. The Hall–Kier alpha value is -1.53. The summed E-state index contributed by atoms with van der Waals surface area (Å²) >= 11 is 1.48. The van der Waals surface area contributed by atoms with Crippen LogP contribution in [0.2, 0.25) is 0 Å². The minimum absolute atomic E-state index is 0.0391. The molecular formula is C13H16N2O3S. The zero-order valence-electron chi connectivity index (χ0n) is 10.9. The Morgan fingerprint density at radius 1 is 1.58 bits per heavy atom. The molecule has 0 aliphatic carbocycles. The lowest BCUT2D eigenvalue weighted by Gasteiger charge is -2.18. The second kappa shape index (κ2) is 6.08. The number of amides is 2. The van der Waals surface area contributed by atoms with E-state index in [9.17, 15) is 9.59 Å². The molecule has 1 atom stereocenters. The predicted molar refractivity (Wildman–Crippen MR) is 74.6 cm³/mol. The highest BCUT2D eigenvalue weighted by Crippen LogP contribution is 2.31. The monoisotopic (exact) mass is 280 g/mol. The second-order valence-electron chi connectivity index (χ2n) is 4.38. The van der Waals surface area contributed by atoms with Crippen molar-refractivity contribution < 1.29 is 14.3 Å². The Bertz CT molecular complexity index is 505. The van der Waals surface area contributed by atoms with Crippen molar-refractivity contribution in [3.05, 3.63) is 23.8 Å². The van der Waals surface area contributed by atoms with Crippen molar-refractivity contribution in [2.75, 3.05) is 24.8 Å². The zero-order valence-corrected chi connectivity index (χ0v) is 11.7. The van der Waals surface area contributed by atoms with Crippen LogP contribution >= 0.6 is 11.8 Å². The topological polar surface area (TPSA) is 67.4 Å². The van der Waals surface area contributed by atoms with Gasteiger partial charge in [0.2, 0.25) is 5.91 Å². The van der Waals surface area contributed by atoms with Crippen LogP contribution in [0.1, 0.15) is 17.3 Å². The Labute approximate surface area is 116 Å². The quantitative estimate of drug-likeness (QED) is 0.877. The van der Waals surface area contributed by atoms with E-state index in [1.54, 1.807) is 19.2 Å². The lowest BCUT2D eigenvalue weighted by molar-refractivity contribution is -0.113. The van der Waals surface area contributed by atoms with Crippen molar-refractivity contribution in [1.82, 2.24) is 5.32 Å².